The van der Waals surface area contributed by atoms with Crippen LogP contribution in [-0.2, 0) is 28.6 Å². The van der Waals surface area contributed by atoms with Crippen LogP contribution in [-0.4, -0.2) is 81.6 Å². The Kier molecular flexibility index (Phi) is 6.02. The Morgan fingerprint density at radius 1 is 1.24 bits per heavy atom. The summed E-state index contributed by atoms with van der Waals surface area (Å²) in [5.74, 6) is -7.08. The van der Waals surface area contributed by atoms with Crippen molar-refractivity contribution >= 4 is 17.7 Å². The summed E-state index contributed by atoms with van der Waals surface area (Å²) < 4.78 is 17.8. The van der Waals surface area contributed by atoms with Crippen molar-refractivity contribution in [2.75, 3.05) is 13.2 Å². The fraction of sp³-hybridized carbons (Fsp3) is 0.815. The van der Waals surface area contributed by atoms with Gasteiger partial charge in [-0.3, -0.25) is 9.59 Å². The molecular formula is C27H38O10. The molecule has 0 unspecified atom stereocenters. The highest BCUT2D eigenvalue weighted by atomic mass is 16.7. The van der Waals surface area contributed by atoms with Gasteiger partial charge < -0.3 is 34.6 Å². The van der Waals surface area contributed by atoms with Crippen molar-refractivity contribution < 1.29 is 49.0 Å². The lowest BCUT2D eigenvalue weighted by atomic mass is 9.38. The van der Waals surface area contributed by atoms with E-state index >= 15 is 0 Å². The number of hydrogen-bond donors (Lipinski definition) is 4. The van der Waals surface area contributed by atoms with E-state index in [4.69, 9.17) is 14.2 Å². The number of aliphatic hydroxyl groups is 4. The Balaban J connectivity index is 1.67. The smallest absolute Gasteiger partial charge is 0.348 e. The highest BCUT2D eigenvalue weighted by Crippen LogP contribution is 2.73. The monoisotopic (exact) mass is 522 g/mol. The zero-order valence-corrected chi connectivity index (χ0v) is 22.0. The highest BCUT2D eigenvalue weighted by Gasteiger charge is 2.83. The zero-order chi connectivity index (χ0) is 27.3. The van der Waals surface area contributed by atoms with E-state index < -0.39 is 94.4 Å². The van der Waals surface area contributed by atoms with Gasteiger partial charge in [-0.25, -0.2) is 4.79 Å². The SMILES string of the molecule is CCC(CC)(CO)C(=O)O[C@H]1C(=O)O[C@@H]2C[C@H]3C(C)=CC(=O)[C@@H](O)[C@]3(C)[C@H]3[C@@]4(O)OC[C@]32[C@@H]1[C@@H](C)[C@H]4O. The summed E-state index contributed by atoms with van der Waals surface area (Å²) in [6.07, 6.45) is -2.87. The number of aliphatic hydroxyl groups excluding tert-OH is 3. The molecule has 4 fully saturated rings. The molecule has 5 rings (SSSR count). The van der Waals surface area contributed by atoms with Crippen molar-refractivity contribution in [3.8, 4) is 0 Å². The first-order valence-electron chi connectivity index (χ1n) is 13.3. The first-order valence-corrected chi connectivity index (χ1v) is 13.3. The standard InChI is InChI=1S/C27H38O10/c1-6-25(7-2,10-28)23(33)37-18-17-13(4)19(30)27(34)22-24(5)14(12(3)8-15(29)20(24)31)9-16(36-21(18)32)26(17,22)11-35-27/h8,13-14,16-20,22,28,30-31,34H,6-7,9-11H2,1-5H3/t13-,14+,16-,17-,18-,19-,20-,22-,24-,26+,27+/m1/s1. The van der Waals surface area contributed by atoms with Gasteiger partial charge >= 0.3 is 11.9 Å². The number of allylic oxidation sites excluding steroid dienone is 1. The molecule has 0 amide bonds. The topological polar surface area (TPSA) is 160 Å². The van der Waals surface area contributed by atoms with Crippen molar-refractivity contribution in [1.29, 1.82) is 0 Å². The Hall–Kier alpha value is -1.85. The molecule has 4 N–H and O–H groups in total. The van der Waals surface area contributed by atoms with Crippen molar-refractivity contribution in [3.63, 3.8) is 0 Å². The first kappa shape index (κ1) is 26.7. The summed E-state index contributed by atoms with van der Waals surface area (Å²) in [4.78, 5) is 39.7. The molecule has 3 aliphatic carbocycles. The molecule has 5 aliphatic rings. The lowest BCUT2D eigenvalue weighted by Gasteiger charge is -2.68. The molecule has 10 nitrogen and oxygen atoms in total. The third-order valence-corrected chi connectivity index (χ3v) is 11.0. The molecule has 0 radical (unpaired) electrons. The highest BCUT2D eigenvalue weighted by molar-refractivity contribution is 5.96. The van der Waals surface area contributed by atoms with Crippen LogP contribution >= 0.6 is 0 Å². The van der Waals surface area contributed by atoms with Crippen molar-refractivity contribution in [2.45, 2.75) is 84.1 Å². The molecule has 2 heterocycles. The van der Waals surface area contributed by atoms with Gasteiger partial charge in [-0.2, -0.15) is 0 Å². The second-order valence-corrected chi connectivity index (χ2v) is 12.2. The van der Waals surface area contributed by atoms with Crippen molar-refractivity contribution in [1.82, 2.24) is 0 Å². The largest absolute Gasteiger partial charge is 0.459 e. The Morgan fingerprint density at radius 2 is 1.89 bits per heavy atom. The van der Waals surface area contributed by atoms with Crippen LogP contribution < -0.4 is 0 Å². The van der Waals surface area contributed by atoms with Gasteiger partial charge in [0.2, 0.25) is 6.10 Å². The second kappa shape index (κ2) is 8.32. The predicted molar refractivity (Wildman–Crippen MR) is 126 cm³/mol. The average Bonchev–Trinajstić information content (AvgIpc) is 3.15. The van der Waals surface area contributed by atoms with Gasteiger partial charge in [0.15, 0.2) is 11.6 Å². The van der Waals surface area contributed by atoms with E-state index in [2.05, 4.69) is 0 Å². The molecule has 0 aromatic carbocycles. The first-order chi connectivity index (χ1) is 17.3. The molecule has 2 saturated heterocycles. The Labute approximate surface area is 216 Å². The van der Waals surface area contributed by atoms with Crippen LogP contribution in [0.4, 0.5) is 0 Å². The third-order valence-electron chi connectivity index (χ3n) is 11.0. The number of carbonyl (C=O) groups excluding carboxylic acids is 3. The fourth-order valence-corrected chi connectivity index (χ4v) is 8.80. The molecule has 2 aliphatic heterocycles. The van der Waals surface area contributed by atoms with Gasteiger partial charge in [-0.05, 0) is 44.1 Å². The quantitative estimate of drug-likeness (QED) is 0.374. The molecule has 11 atom stereocenters. The van der Waals surface area contributed by atoms with Crippen LogP contribution in [0.3, 0.4) is 0 Å². The molecular weight excluding hydrogens is 484 g/mol. The Bertz CT molecular complexity index is 1040. The number of hydrogen-bond acceptors (Lipinski definition) is 10. The van der Waals surface area contributed by atoms with Crippen LogP contribution in [0.25, 0.3) is 0 Å². The number of rotatable bonds is 5. The number of esters is 2. The summed E-state index contributed by atoms with van der Waals surface area (Å²) in [5, 5.41) is 44.6. The molecule has 206 valence electrons. The van der Waals surface area contributed by atoms with Gasteiger partial charge in [0, 0.05) is 22.7 Å². The van der Waals surface area contributed by atoms with Gasteiger partial charge in [0.1, 0.15) is 18.3 Å². The number of carbonyl (C=O) groups is 3. The molecule has 2 saturated carbocycles. The minimum Gasteiger partial charge on any atom is -0.459 e. The molecule has 1 spiro atoms. The summed E-state index contributed by atoms with van der Waals surface area (Å²) in [6, 6.07) is 0. The van der Waals surface area contributed by atoms with E-state index in [0.717, 1.165) is 0 Å². The molecule has 10 heteroatoms. The minimum absolute atomic E-state index is 0.106. The van der Waals surface area contributed by atoms with E-state index in [1.807, 2.05) is 0 Å². The van der Waals surface area contributed by atoms with Crippen LogP contribution in [0, 0.1) is 39.9 Å². The molecule has 0 aromatic rings. The predicted octanol–water partition coefficient (Wildman–Crippen LogP) is 0.487. The maximum absolute atomic E-state index is 13.5. The Morgan fingerprint density at radius 3 is 2.49 bits per heavy atom. The lowest BCUT2D eigenvalue weighted by molar-refractivity contribution is -0.340. The fourth-order valence-electron chi connectivity index (χ4n) is 8.80. The normalized spacial score (nSPS) is 48.5. The van der Waals surface area contributed by atoms with E-state index in [9.17, 15) is 34.8 Å². The average molecular weight is 523 g/mol. The maximum Gasteiger partial charge on any atom is 0.348 e. The molecule has 37 heavy (non-hydrogen) atoms. The summed E-state index contributed by atoms with van der Waals surface area (Å²) in [6.45, 7) is 8.11. The summed E-state index contributed by atoms with van der Waals surface area (Å²) in [7, 11) is 0. The van der Waals surface area contributed by atoms with Crippen LogP contribution in [0.5, 0.6) is 0 Å². The van der Waals surface area contributed by atoms with E-state index in [0.29, 0.717) is 18.4 Å². The number of ketones is 1. The number of ether oxygens (including phenoxy) is 3. The van der Waals surface area contributed by atoms with E-state index in [1.165, 1.54) is 6.08 Å². The third kappa shape index (κ3) is 3.02. The second-order valence-electron chi connectivity index (χ2n) is 12.2. The van der Waals surface area contributed by atoms with Crippen LogP contribution in [0.1, 0.15) is 53.9 Å². The van der Waals surface area contributed by atoms with Gasteiger partial charge in [0.25, 0.3) is 0 Å². The van der Waals surface area contributed by atoms with Crippen molar-refractivity contribution in [3.05, 3.63) is 11.6 Å². The van der Waals surface area contributed by atoms with Crippen LogP contribution in [0.15, 0.2) is 11.6 Å². The van der Waals surface area contributed by atoms with Crippen LogP contribution in [0.2, 0.25) is 0 Å². The van der Waals surface area contributed by atoms with Gasteiger partial charge in [0.05, 0.1) is 18.6 Å². The minimum atomic E-state index is -2.11. The molecule has 0 aromatic heterocycles. The number of fused-ring (bicyclic) bond motifs is 1. The van der Waals surface area contributed by atoms with Crippen molar-refractivity contribution in [2.24, 2.45) is 39.9 Å². The summed E-state index contributed by atoms with van der Waals surface area (Å²) >= 11 is 0. The summed E-state index contributed by atoms with van der Waals surface area (Å²) in [5.41, 5.74) is -2.87. The van der Waals surface area contributed by atoms with Gasteiger partial charge in [-0.15, -0.1) is 0 Å². The van der Waals surface area contributed by atoms with Gasteiger partial charge in [-0.1, -0.05) is 33.3 Å². The molecule has 2 bridgehead atoms. The zero-order valence-electron chi connectivity index (χ0n) is 22.0. The van der Waals surface area contributed by atoms with E-state index in [1.54, 1.807) is 34.6 Å². The lowest BCUT2D eigenvalue weighted by Crippen LogP contribution is -2.78. The maximum atomic E-state index is 13.5. The van der Waals surface area contributed by atoms with E-state index in [-0.39, 0.29) is 13.0 Å².